The Morgan fingerprint density at radius 2 is 1.97 bits per heavy atom. The van der Waals surface area contributed by atoms with Crippen molar-refractivity contribution in [3.8, 4) is 11.6 Å². The van der Waals surface area contributed by atoms with Crippen LogP contribution in [0.15, 0.2) is 48.8 Å². The highest BCUT2D eigenvalue weighted by molar-refractivity contribution is 5.93. The molecule has 6 nitrogen and oxygen atoms in total. The number of methoxy groups -OCH3 is 1. The summed E-state index contributed by atoms with van der Waals surface area (Å²) >= 11 is 0. The van der Waals surface area contributed by atoms with Gasteiger partial charge in [-0.25, -0.2) is 9.67 Å². The summed E-state index contributed by atoms with van der Waals surface area (Å²) in [6, 6.07) is 12.3. The Bertz CT molecular complexity index is 991. The molecule has 1 aliphatic rings. The number of nitrogens with zero attached hydrogens (tertiary/aromatic N) is 3. The first-order valence-corrected chi connectivity index (χ1v) is 10.6. The Balaban J connectivity index is 1.54. The second kappa shape index (κ2) is 9.11. The van der Waals surface area contributed by atoms with Gasteiger partial charge in [0.15, 0.2) is 0 Å². The fourth-order valence-electron chi connectivity index (χ4n) is 4.05. The fraction of sp³-hybridized carbons (Fsp3) is 0.375. The Labute approximate surface area is 177 Å². The summed E-state index contributed by atoms with van der Waals surface area (Å²) in [4.78, 5) is 17.3. The largest absolute Gasteiger partial charge is 0.481 e. The molecule has 0 saturated heterocycles. The first-order chi connectivity index (χ1) is 14.6. The maximum atomic E-state index is 12.8. The normalized spacial score (nSPS) is 14.5. The first kappa shape index (κ1) is 20.1. The predicted octanol–water partition coefficient (Wildman–Crippen LogP) is 4.24. The molecule has 1 amide bonds. The van der Waals surface area contributed by atoms with Crippen molar-refractivity contribution in [2.24, 2.45) is 0 Å². The lowest BCUT2D eigenvalue weighted by Gasteiger charge is -2.23. The molecule has 30 heavy (non-hydrogen) atoms. The number of pyridine rings is 1. The molecule has 1 N–H and O–H groups in total. The molecule has 0 unspecified atom stereocenters. The van der Waals surface area contributed by atoms with Crippen molar-refractivity contribution >= 4 is 5.91 Å². The minimum absolute atomic E-state index is 0.115. The van der Waals surface area contributed by atoms with Crippen LogP contribution < -0.4 is 10.1 Å². The van der Waals surface area contributed by atoms with Crippen molar-refractivity contribution < 1.29 is 9.53 Å². The second-order valence-electron chi connectivity index (χ2n) is 7.90. The summed E-state index contributed by atoms with van der Waals surface area (Å²) in [6.07, 6.45) is 10.1. The minimum atomic E-state index is -0.115. The van der Waals surface area contributed by atoms with Crippen LogP contribution in [0.3, 0.4) is 0 Å². The van der Waals surface area contributed by atoms with Gasteiger partial charge in [0, 0.05) is 24.0 Å². The number of nitrogens with one attached hydrogen (secondary N) is 1. The van der Waals surface area contributed by atoms with Gasteiger partial charge in [-0.2, -0.15) is 5.10 Å². The molecule has 1 saturated carbocycles. The number of hydrogen-bond acceptors (Lipinski definition) is 4. The van der Waals surface area contributed by atoms with Crippen LogP contribution in [0, 0.1) is 6.92 Å². The van der Waals surface area contributed by atoms with Gasteiger partial charge in [0.2, 0.25) is 5.88 Å². The van der Waals surface area contributed by atoms with Crippen molar-refractivity contribution in [2.75, 3.05) is 7.11 Å². The Hall–Kier alpha value is -3.15. The zero-order valence-corrected chi connectivity index (χ0v) is 17.6. The first-order valence-electron chi connectivity index (χ1n) is 10.6. The molecule has 2 aromatic heterocycles. The molecule has 1 fully saturated rings. The van der Waals surface area contributed by atoms with Crippen LogP contribution >= 0.6 is 0 Å². The van der Waals surface area contributed by atoms with E-state index in [1.807, 2.05) is 42.1 Å². The van der Waals surface area contributed by atoms with Crippen molar-refractivity contribution in [3.63, 3.8) is 0 Å². The predicted molar refractivity (Wildman–Crippen MR) is 116 cm³/mol. The molecule has 1 aliphatic carbocycles. The molecular weight excluding hydrogens is 376 g/mol. The highest BCUT2D eigenvalue weighted by Crippen LogP contribution is 2.24. The Morgan fingerprint density at radius 3 is 2.63 bits per heavy atom. The SMILES string of the molecule is COc1nc(C(=O)NC2CCCCC2)cc(Cc2ccc(-n3cccn3)cc2)c1C. The maximum absolute atomic E-state index is 12.8. The van der Waals surface area contributed by atoms with E-state index in [2.05, 4.69) is 27.5 Å². The fourth-order valence-corrected chi connectivity index (χ4v) is 4.05. The van der Waals surface area contributed by atoms with Crippen molar-refractivity contribution in [2.45, 2.75) is 51.5 Å². The molecule has 1 aromatic carbocycles. The Morgan fingerprint density at radius 1 is 1.20 bits per heavy atom. The summed E-state index contributed by atoms with van der Waals surface area (Å²) in [5, 5.41) is 7.42. The zero-order valence-electron chi connectivity index (χ0n) is 17.6. The molecule has 0 bridgehead atoms. The molecule has 3 aromatic rings. The summed E-state index contributed by atoms with van der Waals surface area (Å²) in [5.41, 5.74) is 4.60. The third-order valence-electron chi connectivity index (χ3n) is 5.80. The monoisotopic (exact) mass is 404 g/mol. The molecule has 0 atom stereocenters. The van der Waals surface area contributed by atoms with Crippen LogP contribution in [0.4, 0.5) is 0 Å². The van der Waals surface area contributed by atoms with E-state index in [-0.39, 0.29) is 11.9 Å². The van der Waals surface area contributed by atoms with Crippen LogP contribution in [0.25, 0.3) is 5.69 Å². The highest BCUT2D eigenvalue weighted by Gasteiger charge is 2.20. The molecule has 2 heterocycles. The molecule has 0 radical (unpaired) electrons. The molecule has 4 rings (SSSR count). The molecular formula is C24H28N4O2. The van der Waals surface area contributed by atoms with Crippen LogP contribution in [0.5, 0.6) is 5.88 Å². The van der Waals surface area contributed by atoms with Gasteiger partial charge >= 0.3 is 0 Å². The Kier molecular flexibility index (Phi) is 6.12. The number of ether oxygens (including phenoxy) is 1. The average molecular weight is 405 g/mol. The standard InChI is InChI=1S/C24H28N4O2/c1-17-19(15-18-9-11-21(12-10-18)28-14-6-13-25-28)16-22(27-24(17)30-2)23(29)26-20-7-4-3-5-8-20/h6,9-14,16,20H,3-5,7-8,15H2,1-2H3,(H,26,29). The minimum Gasteiger partial charge on any atom is -0.481 e. The lowest BCUT2D eigenvalue weighted by Crippen LogP contribution is -2.36. The van der Waals surface area contributed by atoms with E-state index in [0.717, 1.165) is 35.2 Å². The van der Waals surface area contributed by atoms with E-state index >= 15 is 0 Å². The highest BCUT2D eigenvalue weighted by atomic mass is 16.5. The van der Waals surface area contributed by atoms with Gasteiger partial charge in [-0.1, -0.05) is 31.4 Å². The number of amides is 1. The maximum Gasteiger partial charge on any atom is 0.270 e. The number of carbonyl (C=O) groups excluding carboxylic acids is 1. The van der Waals surface area contributed by atoms with E-state index in [1.165, 1.54) is 19.3 Å². The van der Waals surface area contributed by atoms with Gasteiger partial charge in [0.05, 0.1) is 12.8 Å². The zero-order chi connectivity index (χ0) is 20.9. The number of hydrogen-bond donors (Lipinski definition) is 1. The third kappa shape index (κ3) is 4.53. The van der Waals surface area contributed by atoms with Crippen molar-refractivity contribution in [3.05, 3.63) is 71.2 Å². The van der Waals surface area contributed by atoms with Crippen LogP contribution in [-0.4, -0.2) is 33.8 Å². The molecule has 6 heteroatoms. The van der Waals surface area contributed by atoms with E-state index in [9.17, 15) is 4.79 Å². The number of rotatable bonds is 6. The average Bonchev–Trinajstić information content (AvgIpc) is 3.31. The van der Waals surface area contributed by atoms with E-state index in [0.29, 0.717) is 18.0 Å². The summed E-state index contributed by atoms with van der Waals surface area (Å²) in [5.74, 6) is 0.393. The van der Waals surface area contributed by atoms with Crippen molar-refractivity contribution in [1.82, 2.24) is 20.1 Å². The van der Waals surface area contributed by atoms with Gasteiger partial charge in [-0.3, -0.25) is 4.79 Å². The number of aromatic nitrogens is 3. The lowest BCUT2D eigenvalue weighted by atomic mass is 9.95. The second-order valence-corrected chi connectivity index (χ2v) is 7.90. The topological polar surface area (TPSA) is 69.0 Å². The van der Waals surface area contributed by atoms with E-state index in [4.69, 9.17) is 4.74 Å². The lowest BCUT2D eigenvalue weighted by molar-refractivity contribution is 0.0921. The van der Waals surface area contributed by atoms with E-state index < -0.39 is 0 Å². The number of carbonyl (C=O) groups is 1. The number of benzene rings is 1. The van der Waals surface area contributed by atoms with Gasteiger partial charge in [-0.05, 0) is 61.6 Å². The molecule has 156 valence electrons. The van der Waals surface area contributed by atoms with Crippen LogP contribution in [-0.2, 0) is 6.42 Å². The van der Waals surface area contributed by atoms with Gasteiger partial charge < -0.3 is 10.1 Å². The molecule has 0 aliphatic heterocycles. The van der Waals surface area contributed by atoms with Crippen LogP contribution in [0.2, 0.25) is 0 Å². The molecule has 0 spiro atoms. The summed E-state index contributed by atoms with van der Waals surface area (Å²) in [7, 11) is 1.60. The van der Waals surface area contributed by atoms with Crippen molar-refractivity contribution in [1.29, 1.82) is 0 Å². The summed E-state index contributed by atoms with van der Waals surface area (Å²) < 4.78 is 7.30. The van der Waals surface area contributed by atoms with Gasteiger partial charge in [-0.15, -0.1) is 0 Å². The van der Waals surface area contributed by atoms with Gasteiger partial charge in [0.1, 0.15) is 5.69 Å². The summed E-state index contributed by atoms with van der Waals surface area (Å²) in [6.45, 7) is 1.99. The van der Waals surface area contributed by atoms with Crippen LogP contribution in [0.1, 0.15) is 59.3 Å². The van der Waals surface area contributed by atoms with Gasteiger partial charge in [0.25, 0.3) is 5.91 Å². The third-order valence-corrected chi connectivity index (χ3v) is 5.80. The smallest absolute Gasteiger partial charge is 0.270 e. The van der Waals surface area contributed by atoms with E-state index in [1.54, 1.807) is 13.3 Å². The quantitative estimate of drug-likeness (QED) is 0.667.